The number of hydrogen-bond donors (Lipinski definition) is 2. The molecule has 8 heteroatoms. The fraction of sp³-hybridized carbons (Fsp3) is 0.308. The summed E-state index contributed by atoms with van der Waals surface area (Å²) < 4.78 is 37.7. The molecular formula is C13H11F3N2O3. The van der Waals surface area contributed by atoms with Gasteiger partial charge in [0.1, 0.15) is 5.69 Å². The Labute approximate surface area is 116 Å². The van der Waals surface area contributed by atoms with Gasteiger partial charge >= 0.3 is 12.1 Å². The molecule has 2 N–H and O–H groups in total. The molecule has 0 saturated carbocycles. The molecule has 1 aromatic heterocycles. The van der Waals surface area contributed by atoms with E-state index in [0.29, 0.717) is 11.0 Å². The number of carboxylic acids is 1. The maximum absolute atomic E-state index is 12.6. The van der Waals surface area contributed by atoms with Gasteiger partial charge < -0.3 is 10.1 Å². The van der Waals surface area contributed by atoms with Crippen molar-refractivity contribution in [2.75, 3.05) is 0 Å². The lowest BCUT2D eigenvalue weighted by Gasteiger charge is -2.16. The van der Waals surface area contributed by atoms with Gasteiger partial charge in [-0.05, 0) is 12.1 Å². The standard InChI is InChI=1S/C13H11F3N2O3/c14-13(15,16)6-7(5-10(19)20)11-12(21)18-9-4-2-1-3-8(9)17-11/h1-4,7H,5-6H2,(H,18,21)(H,19,20). The number of fused-ring (bicyclic) bond motifs is 1. The summed E-state index contributed by atoms with van der Waals surface area (Å²) in [5.74, 6) is -2.94. The molecule has 0 fully saturated rings. The number of nitrogens with one attached hydrogen (secondary N) is 1. The van der Waals surface area contributed by atoms with Crippen LogP contribution in [0.25, 0.3) is 11.0 Å². The molecule has 5 nitrogen and oxygen atoms in total. The van der Waals surface area contributed by atoms with E-state index in [1.165, 1.54) is 6.07 Å². The summed E-state index contributed by atoms with van der Waals surface area (Å²) in [4.78, 5) is 28.9. The lowest BCUT2D eigenvalue weighted by Crippen LogP contribution is -2.25. The van der Waals surface area contributed by atoms with E-state index >= 15 is 0 Å². The van der Waals surface area contributed by atoms with Crippen LogP contribution in [-0.2, 0) is 4.79 Å². The van der Waals surface area contributed by atoms with Crippen LogP contribution in [0, 0.1) is 0 Å². The summed E-state index contributed by atoms with van der Waals surface area (Å²) in [6, 6.07) is 6.35. The molecule has 0 saturated heterocycles. The monoisotopic (exact) mass is 300 g/mol. The number of nitrogens with zero attached hydrogens (tertiary/aromatic N) is 1. The molecule has 112 valence electrons. The third-order valence-corrected chi connectivity index (χ3v) is 2.91. The summed E-state index contributed by atoms with van der Waals surface area (Å²) in [6.45, 7) is 0. The van der Waals surface area contributed by atoms with Gasteiger partial charge in [-0.3, -0.25) is 9.59 Å². The SMILES string of the molecule is O=C(O)CC(CC(F)(F)F)c1nc2ccccc2[nH]c1=O. The molecule has 1 unspecified atom stereocenters. The van der Waals surface area contributed by atoms with Crippen LogP contribution in [-0.4, -0.2) is 27.2 Å². The van der Waals surface area contributed by atoms with Crippen molar-refractivity contribution < 1.29 is 23.1 Å². The molecule has 0 aliphatic rings. The van der Waals surface area contributed by atoms with Crippen molar-refractivity contribution in [3.8, 4) is 0 Å². The average molecular weight is 300 g/mol. The number of rotatable bonds is 4. The van der Waals surface area contributed by atoms with Crippen LogP contribution >= 0.6 is 0 Å². The minimum absolute atomic E-state index is 0.310. The Balaban J connectivity index is 2.50. The smallest absolute Gasteiger partial charge is 0.389 e. The predicted molar refractivity (Wildman–Crippen MR) is 68.0 cm³/mol. The highest BCUT2D eigenvalue weighted by molar-refractivity contribution is 5.74. The van der Waals surface area contributed by atoms with Gasteiger partial charge in [0.05, 0.1) is 23.9 Å². The molecule has 2 aromatic rings. The number of para-hydroxylation sites is 2. The van der Waals surface area contributed by atoms with E-state index in [1.807, 2.05) is 0 Å². The van der Waals surface area contributed by atoms with Crippen molar-refractivity contribution in [1.29, 1.82) is 0 Å². The molecular weight excluding hydrogens is 289 g/mol. The maximum Gasteiger partial charge on any atom is 0.389 e. The van der Waals surface area contributed by atoms with Gasteiger partial charge in [0.2, 0.25) is 0 Å². The van der Waals surface area contributed by atoms with Gasteiger partial charge in [0.15, 0.2) is 0 Å². The second kappa shape index (κ2) is 5.55. The van der Waals surface area contributed by atoms with Gasteiger partial charge in [0.25, 0.3) is 5.56 Å². The highest BCUT2D eigenvalue weighted by Crippen LogP contribution is 2.31. The van der Waals surface area contributed by atoms with Gasteiger partial charge in [0, 0.05) is 5.92 Å². The van der Waals surface area contributed by atoms with E-state index in [0.717, 1.165) is 0 Å². The maximum atomic E-state index is 12.6. The van der Waals surface area contributed by atoms with Gasteiger partial charge in [-0.15, -0.1) is 0 Å². The number of halogens is 3. The fourth-order valence-corrected chi connectivity index (χ4v) is 2.08. The molecule has 0 aliphatic carbocycles. The first-order valence-corrected chi connectivity index (χ1v) is 6.04. The second-order valence-corrected chi connectivity index (χ2v) is 4.58. The molecule has 1 aromatic carbocycles. The molecule has 21 heavy (non-hydrogen) atoms. The minimum atomic E-state index is -4.58. The van der Waals surface area contributed by atoms with Gasteiger partial charge in [-0.25, -0.2) is 4.98 Å². The largest absolute Gasteiger partial charge is 0.481 e. The molecule has 1 atom stereocenters. The number of H-pyrrole nitrogens is 1. The van der Waals surface area contributed by atoms with E-state index in [2.05, 4.69) is 9.97 Å². The van der Waals surface area contributed by atoms with E-state index in [-0.39, 0.29) is 0 Å². The van der Waals surface area contributed by atoms with E-state index < -0.39 is 42.2 Å². The summed E-state index contributed by atoms with van der Waals surface area (Å²) >= 11 is 0. The Morgan fingerprint density at radius 3 is 2.62 bits per heavy atom. The number of benzene rings is 1. The Hall–Kier alpha value is -2.38. The number of carboxylic acid groups (broad SMARTS) is 1. The third-order valence-electron chi connectivity index (χ3n) is 2.91. The number of aromatic amines is 1. The summed E-state index contributed by atoms with van der Waals surface area (Å²) in [6.07, 6.45) is -6.80. The van der Waals surface area contributed by atoms with Crippen molar-refractivity contribution in [2.45, 2.75) is 24.9 Å². The Bertz CT molecular complexity index is 724. The number of aliphatic carboxylic acids is 1. The fourth-order valence-electron chi connectivity index (χ4n) is 2.08. The zero-order valence-corrected chi connectivity index (χ0v) is 10.6. The Morgan fingerprint density at radius 2 is 2.00 bits per heavy atom. The van der Waals surface area contributed by atoms with Crippen LogP contribution in [0.3, 0.4) is 0 Å². The summed E-state index contributed by atoms with van der Waals surface area (Å²) in [5, 5.41) is 8.74. The van der Waals surface area contributed by atoms with Crippen LogP contribution < -0.4 is 5.56 Å². The summed E-state index contributed by atoms with van der Waals surface area (Å²) in [5.41, 5.74) is -0.519. The second-order valence-electron chi connectivity index (χ2n) is 4.58. The normalized spacial score (nSPS) is 13.3. The zero-order valence-electron chi connectivity index (χ0n) is 10.6. The van der Waals surface area contributed by atoms with Crippen LogP contribution in [0.1, 0.15) is 24.5 Å². The first-order valence-electron chi connectivity index (χ1n) is 6.04. The van der Waals surface area contributed by atoms with Crippen molar-refractivity contribution in [1.82, 2.24) is 9.97 Å². The summed E-state index contributed by atoms with van der Waals surface area (Å²) in [7, 11) is 0. The van der Waals surface area contributed by atoms with Crippen molar-refractivity contribution in [3.05, 3.63) is 40.3 Å². The van der Waals surface area contributed by atoms with Crippen molar-refractivity contribution >= 4 is 17.0 Å². The zero-order chi connectivity index (χ0) is 15.6. The molecule has 0 radical (unpaired) electrons. The molecule has 0 bridgehead atoms. The van der Waals surface area contributed by atoms with Crippen molar-refractivity contribution in [3.63, 3.8) is 0 Å². The first-order chi connectivity index (χ1) is 9.76. The first kappa shape index (κ1) is 15.0. The van der Waals surface area contributed by atoms with Crippen LogP contribution in [0.4, 0.5) is 13.2 Å². The molecule has 0 amide bonds. The minimum Gasteiger partial charge on any atom is -0.481 e. The Kier molecular flexibility index (Phi) is 3.97. The topological polar surface area (TPSA) is 83.0 Å². The highest BCUT2D eigenvalue weighted by Gasteiger charge is 2.35. The number of carbonyl (C=O) groups is 1. The quantitative estimate of drug-likeness (QED) is 0.908. The molecule has 0 aliphatic heterocycles. The number of hydrogen-bond acceptors (Lipinski definition) is 3. The third kappa shape index (κ3) is 3.80. The average Bonchev–Trinajstić information content (AvgIpc) is 2.34. The lowest BCUT2D eigenvalue weighted by atomic mass is 9.97. The lowest BCUT2D eigenvalue weighted by molar-refractivity contribution is -0.146. The van der Waals surface area contributed by atoms with Gasteiger partial charge in [-0.1, -0.05) is 12.1 Å². The number of alkyl halides is 3. The molecule has 0 spiro atoms. The van der Waals surface area contributed by atoms with Crippen LogP contribution in [0.2, 0.25) is 0 Å². The van der Waals surface area contributed by atoms with Crippen LogP contribution in [0.5, 0.6) is 0 Å². The predicted octanol–water partition coefficient (Wildman–Crippen LogP) is 2.43. The van der Waals surface area contributed by atoms with E-state index in [1.54, 1.807) is 18.2 Å². The van der Waals surface area contributed by atoms with E-state index in [4.69, 9.17) is 5.11 Å². The van der Waals surface area contributed by atoms with E-state index in [9.17, 15) is 22.8 Å². The Morgan fingerprint density at radius 1 is 1.33 bits per heavy atom. The van der Waals surface area contributed by atoms with Crippen LogP contribution in [0.15, 0.2) is 29.1 Å². The molecule has 1 heterocycles. The van der Waals surface area contributed by atoms with Gasteiger partial charge in [-0.2, -0.15) is 13.2 Å². The number of aromatic nitrogens is 2. The molecule has 2 rings (SSSR count). The highest BCUT2D eigenvalue weighted by atomic mass is 19.4. The van der Waals surface area contributed by atoms with Crippen molar-refractivity contribution in [2.24, 2.45) is 0 Å².